The Balaban J connectivity index is 1.99. The van der Waals surface area contributed by atoms with Crippen LogP contribution in [-0.2, 0) is 16.6 Å². The van der Waals surface area contributed by atoms with Crippen LogP contribution in [0.4, 0.5) is 0 Å². The summed E-state index contributed by atoms with van der Waals surface area (Å²) in [4.78, 5) is 0. The van der Waals surface area contributed by atoms with Crippen LogP contribution in [0.3, 0.4) is 0 Å². The Morgan fingerprint density at radius 2 is 2.05 bits per heavy atom. The normalized spacial score (nSPS) is 17.7. The lowest BCUT2D eigenvalue weighted by Crippen LogP contribution is -2.35. The van der Waals surface area contributed by atoms with Gasteiger partial charge in [0.25, 0.3) is 0 Å². The van der Waals surface area contributed by atoms with Gasteiger partial charge in [0.15, 0.2) is 0 Å². The minimum Gasteiger partial charge on any atom is -0.313 e. The van der Waals surface area contributed by atoms with Gasteiger partial charge in [0.05, 0.1) is 0 Å². The lowest BCUT2D eigenvalue weighted by atomic mass is 9.96. The molecule has 19 heavy (non-hydrogen) atoms. The van der Waals surface area contributed by atoms with Crippen molar-refractivity contribution in [2.75, 3.05) is 6.54 Å². The van der Waals surface area contributed by atoms with Crippen LogP contribution in [-0.4, -0.2) is 21.0 Å². The van der Waals surface area contributed by atoms with E-state index in [1.54, 1.807) is 6.07 Å². The van der Waals surface area contributed by atoms with Crippen molar-refractivity contribution in [3.63, 3.8) is 0 Å². The van der Waals surface area contributed by atoms with Gasteiger partial charge in [-0.3, -0.25) is 0 Å². The maximum absolute atomic E-state index is 12.3. The predicted molar refractivity (Wildman–Crippen MR) is 78.9 cm³/mol. The Morgan fingerprint density at radius 3 is 2.74 bits per heavy atom. The van der Waals surface area contributed by atoms with Crippen LogP contribution in [0, 0.1) is 0 Å². The van der Waals surface area contributed by atoms with Crippen molar-refractivity contribution in [2.45, 2.75) is 55.8 Å². The molecule has 2 N–H and O–H groups in total. The first-order valence-corrected chi connectivity index (χ1v) is 9.28. The Bertz CT molecular complexity index is 490. The predicted octanol–water partition coefficient (Wildman–Crippen LogP) is 2.47. The fourth-order valence-corrected chi connectivity index (χ4v) is 4.88. The third kappa shape index (κ3) is 4.27. The molecule has 0 aliphatic heterocycles. The molecule has 1 saturated carbocycles. The monoisotopic (exact) mass is 302 g/mol. The Kier molecular flexibility index (Phi) is 5.38. The number of thiophene rings is 1. The molecular weight excluding hydrogens is 280 g/mol. The number of nitrogens with one attached hydrogen (secondary N) is 2. The van der Waals surface area contributed by atoms with Crippen LogP contribution in [0.2, 0.25) is 0 Å². The first-order valence-electron chi connectivity index (χ1n) is 6.92. The zero-order valence-corrected chi connectivity index (χ0v) is 12.9. The van der Waals surface area contributed by atoms with E-state index < -0.39 is 10.0 Å². The second kappa shape index (κ2) is 6.83. The molecule has 1 aromatic heterocycles. The van der Waals surface area contributed by atoms with Crippen molar-refractivity contribution in [2.24, 2.45) is 0 Å². The first kappa shape index (κ1) is 15.0. The van der Waals surface area contributed by atoms with Gasteiger partial charge in [-0.15, -0.1) is 11.3 Å². The molecule has 1 heterocycles. The largest absolute Gasteiger partial charge is 0.313 e. The van der Waals surface area contributed by atoms with E-state index in [9.17, 15) is 8.42 Å². The summed E-state index contributed by atoms with van der Waals surface area (Å²) in [5, 5.41) is 5.12. The molecule has 0 aromatic carbocycles. The highest BCUT2D eigenvalue weighted by molar-refractivity contribution is 7.91. The summed E-state index contributed by atoms with van der Waals surface area (Å²) in [6.45, 7) is 3.65. The van der Waals surface area contributed by atoms with Gasteiger partial charge in [-0.1, -0.05) is 26.2 Å². The van der Waals surface area contributed by atoms with Crippen molar-refractivity contribution in [1.82, 2.24) is 10.0 Å². The number of sulfonamides is 1. The van der Waals surface area contributed by atoms with E-state index in [1.807, 2.05) is 12.3 Å². The molecular formula is C13H22N2O2S2. The number of hydrogen-bond donors (Lipinski definition) is 2. The standard InChI is InChI=1S/C13H22N2O2S2/c1-2-14-9-11-8-13(18-10-11)19(16,17)15-12-6-4-3-5-7-12/h8,10,12,14-15H,2-7,9H2,1H3. The van der Waals surface area contributed by atoms with E-state index in [0.29, 0.717) is 4.21 Å². The Hall–Kier alpha value is -0.430. The molecule has 0 saturated heterocycles. The summed E-state index contributed by atoms with van der Waals surface area (Å²) >= 11 is 1.31. The molecule has 0 radical (unpaired) electrons. The van der Waals surface area contributed by atoms with E-state index in [2.05, 4.69) is 10.0 Å². The molecule has 1 aliphatic carbocycles. The van der Waals surface area contributed by atoms with Gasteiger partial charge in [-0.2, -0.15) is 0 Å². The fraction of sp³-hybridized carbons (Fsp3) is 0.692. The molecule has 0 spiro atoms. The lowest BCUT2D eigenvalue weighted by molar-refractivity contribution is 0.412. The Morgan fingerprint density at radius 1 is 1.32 bits per heavy atom. The van der Waals surface area contributed by atoms with Gasteiger partial charge in [0.1, 0.15) is 4.21 Å². The molecule has 1 fully saturated rings. The van der Waals surface area contributed by atoms with E-state index in [1.165, 1.54) is 17.8 Å². The van der Waals surface area contributed by atoms with Crippen molar-refractivity contribution in [3.05, 3.63) is 17.0 Å². The minimum absolute atomic E-state index is 0.123. The lowest BCUT2D eigenvalue weighted by Gasteiger charge is -2.22. The van der Waals surface area contributed by atoms with E-state index >= 15 is 0 Å². The molecule has 0 amide bonds. The fourth-order valence-electron chi connectivity index (χ4n) is 2.35. The first-order chi connectivity index (χ1) is 9.12. The second-order valence-electron chi connectivity index (χ2n) is 5.01. The van der Waals surface area contributed by atoms with Crippen molar-refractivity contribution in [3.8, 4) is 0 Å². The summed E-state index contributed by atoms with van der Waals surface area (Å²) in [5.74, 6) is 0. The summed E-state index contributed by atoms with van der Waals surface area (Å²) in [7, 11) is -3.32. The van der Waals surface area contributed by atoms with Crippen molar-refractivity contribution >= 4 is 21.4 Å². The van der Waals surface area contributed by atoms with Crippen LogP contribution in [0.25, 0.3) is 0 Å². The van der Waals surface area contributed by atoms with Crippen LogP contribution in [0.15, 0.2) is 15.7 Å². The van der Waals surface area contributed by atoms with E-state index in [-0.39, 0.29) is 6.04 Å². The van der Waals surface area contributed by atoms with Crippen LogP contribution in [0.1, 0.15) is 44.6 Å². The average molecular weight is 302 g/mol. The quantitative estimate of drug-likeness (QED) is 0.848. The van der Waals surface area contributed by atoms with Crippen LogP contribution in [0.5, 0.6) is 0 Å². The highest BCUT2D eigenvalue weighted by Crippen LogP contribution is 2.23. The van der Waals surface area contributed by atoms with Crippen LogP contribution < -0.4 is 10.0 Å². The molecule has 0 unspecified atom stereocenters. The molecule has 2 rings (SSSR count). The van der Waals surface area contributed by atoms with Gasteiger partial charge in [0.2, 0.25) is 10.0 Å². The molecule has 4 nitrogen and oxygen atoms in total. The molecule has 1 aromatic rings. The summed E-state index contributed by atoms with van der Waals surface area (Å²) in [6, 6.07) is 1.90. The third-order valence-corrected chi connectivity index (χ3v) is 6.41. The number of rotatable bonds is 6. The maximum atomic E-state index is 12.3. The average Bonchev–Trinajstić information content (AvgIpc) is 2.86. The zero-order valence-electron chi connectivity index (χ0n) is 11.3. The topological polar surface area (TPSA) is 58.2 Å². The Labute approximate surface area is 119 Å². The SMILES string of the molecule is CCNCc1csc(S(=O)(=O)NC2CCCCC2)c1. The highest BCUT2D eigenvalue weighted by Gasteiger charge is 2.23. The maximum Gasteiger partial charge on any atom is 0.250 e. The molecule has 108 valence electrons. The zero-order chi connectivity index (χ0) is 13.7. The van der Waals surface area contributed by atoms with Gasteiger partial charge in [0, 0.05) is 12.6 Å². The van der Waals surface area contributed by atoms with Gasteiger partial charge in [-0.05, 0) is 36.4 Å². The molecule has 0 bridgehead atoms. The highest BCUT2D eigenvalue weighted by atomic mass is 32.2. The molecule has 0 atom stereocenters. The van der Waals surface area contributed by atoms with Crippen molar-refractivity contribution in [1.29, 1.82) is 0 Å². The van der Waals surface area contributed by atoms with E-state index in [4.69, 9.17) is 0 Å². The summed E-state index contributed by atoms with van der Waals surface area (Å²) in [5.41, 5.74) is 1.04. The van der Waals surface area contributed by atoms with Gasteiger partial charge < -0.3 is 5.32 Å². The number of hydrogen-bond acceptors (Lipinski definition) is 4. The third-order valence-electron chi connectivity index (χ3n) is 3.40. The van der Waals surface area contributed by atoms with Crippen molar-refractivity contribution < 1.29 is 8.42 Å². The van der Waals surface area contributed by atoms with E-state index in [0.717, 1.165) is 44.3 Å². The summed E-state index contributed by atoms with van der Waals surface area (Å²) in [6.07, 6.45) is 5.42. The van der Waals surface area contributed by atoms with Gasteiger partial charge >= 0.3 is 0 Å². The van der Waals surface area contributed by atoms with Crippen LogP contribution >= 0.6 is 11.3 Å². The summed E-state index contributed by atoms with van der Waals surface area (Å²) < 4.78 is 27.8. The smallest absolute Gasteiger partial charge is 0.250 e. The molecule has 1 aliphatic rings. The minimum atomic E-state index is -3.32. The molecule has 6 heteroatoms. The van der Waals surface area contributed by atoms with Gasteiger partial charge in [-0.25, -0.2) is 13.1 Å². The second-order valence-corrected chi connectivity index (χ2v) is 7.86.